The minimum Gasteiger partial charge on any atom is -0.495 e. The molecule has 2 heterocycles. The van der Waals surface area contributed by atoms with Gasteiger partial charge in [-0.05, 0) is 36.8 Å². The van der Waals surface area contributed by atoms with Crippen LogP contribution in [0, 0.1) is 6.92 Å². The highest BCUT2D eigenvalue weighted by Crippen LogP contribution is 2.36. The van der Waals surface area contributed by atoms with E-state index < -0.39 is 28.8 Å². The molecular weight excluding hydrogens is 485 g/mol. The van der Waals surface area contributed by atoms with Crippen LogP contribution in [0.3, 0.4) is 0 Å². The zero-order valence-corrected chi connectivity index (χ0v) is 18.8. The average molecular weight is 502 g/mol. The second-order valence-electron chi connectivity index (χ2n) is 6.59. The maximum Gasteiger partial charge on any atom is 0.490 e. The highest BCUT2D eigenvalue weighted by Gasteiger charge is 2.40. The summed E-state index contributed by atoms with van der Waals surface area (Å²) in [5.74, 6) is -2.31. The highest BCUT2D eigenvalue weighted by atomic mass is 32.2. The standard InChI is InChI=1S/C19H17F3N4O5S2/c1-10-16(32-18(23)25-10)12-3-4-14(30-2)15(6-12)33(28,29)26-13-5-11(7-24-8-13)9-31-17(27)19(20,21)22/h3-8,26H,9H2,1-2H3,(H2,23,25). The molecule has 176 valence electrons. The van der Waals surface area contributed by atoms with Gasteiger partial charge in [-0.3, -0.25) is 9.71 Å². The molecule has 3 N–H and O–H groups in total. The van der Waals surface area contributed by atoms with Crippen molar-refractivity contribution in [1.82, 2.24) is 9.97 Å². The quantitative estimate of drug-likeness (QED) is 0.469. The summed E-state index contributed by atoms with van der Waals surface area (Å²) in [6, 6.07) is 5.72. The number of esters is 1. The fourth-order valence-corrected chi connectivity index (χ4v) is 4.84. The first-order valence-corrected chi connectivity index (χ1v) is 11.3. The number of hydrogen-bond donors (Lipinski definition) is 2. The summed E-state index contributed by atoms with van der Waals surface area (Å²) >= 11 is 1.19. The summed E-state index contributed by atoms with van der Waals surface area (Å²) in [7, 11) is -2.91. The number of ether oxygens (including phenoxy) is 2. The molecule has 3 rings (SSSR count). The van der Waals surface area contributed by atoms with E-state index in [-0.39, 0.29) is 21.9 Å². The van der Waals surface area contributed by atoms with Crippen LogP contribution in [-0.4, -0.2) is 37.6 Å². The number of aryl methyl sites for hydroxylation is 1. The van der Waals surface area contributed by atoms with Gasteiger partial charge in [-0.1, -0.05) is 11.3 Å². The first kappa shape index (κ1) is 24.3. The third-order valence-corrected chi connectivity index (χ3v) is 6.62. The molecule has 0 atom stereocenters. The molecular formula is C19H17F3N4O5S2. The largest absolute Gasteiger partial charge is 0.495 e. The predicted octanol–water partition coefficient (Wildman–Crippen LogP) is 3.51. The van der Waals surface area contributed by atoms with Crippen molar-refractivity contribution in [3.8, 4) is 16.2 Å². The molecule has 0 radical (unpaired) electrons. The van der Waals surface area contributed by atoms with Gasteiger partial charge in [0, 0.05) is 11.8 Å². The van der Waals surface area contributed by atoms with Crippen LogP contribution in [-0.2, 0) is 26.2 Å². The Hall–Kier alpha value is -3.39. The van der Waals surface area contributed by atoms with Crippen molar-refractivity contribution in [3.05, 3.63) is 47.9 Å². The summed E-state index contributed by atoms with van der Waals surface area (Å²) < 4.78 is 74.7. The summed E-state index contributed by atoms with van der Waals surface area (Å²) in [6.45, 7) is 0.993. The lowest BCUT2D eigenvalue weighted by Crippen LogP contribution is -2.25. The van der Waals surface area contributed by atoms with E-state index in [1.807, 2.05) is 0 Å². The van der Waals surface area contributed by atoms with E-state index in [0.29, 0.717) is 21.3 Å². The topological polar surface area (TPSA) is 134 Å². The number of benzene rings is 1. The number of anilines is 2. The van der Waals surface area contributed by atoms with E-state index in [9.17, 15) is 26.4 Å². The third-order valence-electron chi connectivity index (χ3n) is 4.18. The Morgan fingerprint density at radius 3 is 2.58 bits per heavy atom. The SMILES string of the molecule is COc1ccc(-c2sc(N)nc2C)cc1S(=O)(=O)Nc1cncc(COC(=O)C(F)(F)F)c1. The number of halogens is 3. The Labute approximate surface area is 190 Å². The third kappa shape index (κ3) is 5.70. The molecule has 0 aliphatic rings. The van der Waals surface area contributed by atoms with Gasteiger partial charge in [-0.25, -0.2) is 18.2 Å². The van der Waals surface area contributed by atoms with Gasteiger partial charge in [0.25, 0.3) is 10.0 Å². The van der Waals surface area contributed by atoms with Crippen molar-refractivity contribution in [3.63, 3.8) is 0 Å². The van der Waals surface area contributed by atoms with Crippen molar-refractivity contribution >= 4 is 38.1 Å². The van der Waals surface area contributed by atoms with Gasteiger partial charge >= 0.3 is 12.1 Å². The first-order valence-electron chi connectivity index (χ1n) is 9.02. The van der Waals surface area contributed by atoms with Gasteiger partial charge in [-0.2, -0.15) is 13.2 Å². The molecule has 0 saturated heterocycles. The van der Waals surface area contributed by atoms with Crippen LogP contribution in [0.15, 0.2) is 41.6 Å². The number of sulfonamides is 1. The van der Waals surface area contributed by atoms with Crippen molar-refractivity contribution in [2.45, 2.75) is 24.6 Å². The molecule has 0 saturated carbocycles. The number of thiazole rings is 1. The number of rotatable bonds is 7. The lowest BCUT2D eigenvalue weighted by Gasteiger charge is -2.13. The van der Waals surface area contributed by atoms with Crippen molar-refractivity contribution in [2.24, 2.45) is 0 Å². The van der Waals surface area contributed by atoms with Gasteiger partial charge in [0.05, 0.1) is 29.6 Å². The molecule has 0 spiro atoms. The molecule has 14 heteroatoms. The molecule has 33 heavy (non-hydrogen) atoms. The molecule has 0 unspecified atom stereocenters. The van der Waals surface area contributed by atoms with Crippen molar-refractivity contribution < 1.29 is 35.9 Å². The monoisotopic (exact) mass is 502 g/mol. The molecule has 0 aliphatic carbocycles. The maximum atomic E-state index is 13.1. The Kier molecular flexibility index (Phi) is 6.78. The molecule has 0 bridgehead atoms. The summed E-state index contributed by atoms with van der Waals surface area (Å²) in [5, 5.41) is 0.329. The predicted molar refractivity (Wildman–Crippen MR) is 114 cm³/mol. The minimum atomic E-state index is -5.14. The van der Waals surface area contributed by atoms with Crippen LogP contribution in [0.25, 0.3) is 10.4 Å². The number of pyridine rings is 1. The fourth-order valence-electron chi connectivity index (χ4n) is 2.78. The second kappa shape index (κ2) is 9.23. The van der Waals surface area contributed by atoms with Gasteiger partial charge in [0.1, 0.15) is 17.3 Å². The minimum absolute atomic E-state index is 0.0456. The number of nitrogens with two attached hydrogens (primary N) is 1. The molecule has 0 amide bonds. The van der Waals surface area contributed by atoms with E-state index in [1.165, 1.54) is 36.6 Å². The number of carbonyl (C=O) groups excluding carboxylic acids is 1. The van der Waals surface area contributed by atoms with Crippen LogP contribution < -0.4 is 15.2 Å². The molecule has 3 aromatic rings. The lowest BCUT2D eigenvalue weighted by atomic mass is 10.1. The molecule has 9 nitrogen and oxygen atoms in total. The normalized spacial score (nSPS) is 11.8. The fraction of sp³-hybridized carbons (Fsp3) is 0.211. The zero-order chi connectivity index (χ0) is 24.4. The van der Waals surface area contributed by atoms with Crippen LogP contribution in [0.2, 0.25) is 0 Å². The van der Waals surface area contributed by atoms with Gasteiger partial charge in [0.15, 0.2) is 5.13 Å². The number of hydrogen-bond acceptors (Lipinski definition) is 9. The van der Waals surface area contributed by atoms with Crippen molar-refractivity contribution in [1.29, 1.82) is 0 Å². The van der Waals surface area contributed by atoms with Crippen LogP contribution in [0.5, 0.6) is 5.75 Å². The number of methoxy groups -OCH3 is 1. The Balaban J connectivity index is 1.88. The number of alkyl halides is 3. The van der Waals surface area contributed by atoms with E-state index in [1.54, 1.807) is 13.0 Å². The molecule has 0 fully saturated rings. The van der Waals surface area contributed by atoms with E-state index in [0.717, 1.165) is 12.4 Å². The van der Waals surface area contributed by atoms with Gasteiger partial charge in [0.2, 0.25) is 0 Å². The van der Waals surface area contributed by atoms with Crippen LogP contribution >= 0.6 is 11.3 Å². The second-order valence-corrected chi connectivity index (χ2v) is 9.28. The van der Waals surface area contributed by atoms with E-state index in [2.05, 4.69) is 19.4 Å². The highest BCUT2D eigenvalue weighted by molar-refractivity contribution is 7.92. The first-order chi connectivity index (χ1) is 15.4. The Morgan fingerprint density at radius 1 is 1.24 bits per heavy atom. The molecule has 2 aromatic heterocycles. The molecule has 1 aromatic carbocycles. The molecule has 0 aliphatic heterocycles. The maximum absolute atomic E-state index is 13.1. The number of nitrogen functional groups attached to an aromatic ring is 1. The Bertz CT molecular complexity index is 1290. The number of aromatic nitrogens is 2. The summed E-state index contributed by atoms with van der Waals surface area (Å²) in [4.78, 5) is 19.3. The summed E-state index contributed by atoms with van der Waals surface area (Å²) in [5.41, 5.74) is 6.90. The van der Waals surface area contributed by atoms with Crippen LogP contribution in [0.1, 0.15) is 11.3 Å². The smallest absolute Gasteiger partial charge is 0.490 e. The van der Waals surface area contributed by atoms with Crippen molar-refractivity contribution in [2.75, 3.05) is 17.6 Å². The number of nitrogens with zero attached hydrogens (tertiary/aromatic N) is 2. The Morgan fingerprint density at radius 2 is 1.97 bits per heavy atom. The van der Waals surface area contributed by atoms with Gasteiger partial charge < -0.3 is 15.2 Å². The summed E-state index contributed by atoms with van der Waals surface area (Å²) in [6.07, 6.45) is -2.86. The lowest BCUT2D eigenvalue weighted by molar-refractivity contribution is -0.201. The average Bonchev–Trinajstić information content (AvgIpc) is 3.08. The van der Waals surface area contributed by atoms with Crippen LogP contribution in [0.4, 0.5) is 24.0 Å². The number of carbonyl (C=O) groups is 1. The van der Waals surface area contributed by atoms with E-state index >= 15 is 0 Å². The van der Waals surface area contributed by atoms with Gasteiger partial charge in [-0.15, -0.1) is 0 Å². The van der Waals surface area contributed by atoms with E-state index in [4.69, 9.17) is 10.5 Å². The number of nitrogens with one attached hydrogen (secondary N) is 1. The zero-order valence-electron chi connectivity index (χ0n) is 17.1.